The topological polar surface area (TPSA) is 65.2 Å². The number of primary amides is 1. The Morgan fingerprint density at radius 2 is 2.21 bits per heavy atom. The Labute approximate surface area is 115 Å². The van der Waals surface area contributed by atoms with Crippen LogP contribution in [0.25, 0.3) is 10.9 Å². The second kappa shape index (κ2) is 6.24. The van der Waals surface area contributed by atoms with Crippen molar-refractivity contribution in [3.05, 3.63) is 49.1 Å². The van der Waals surface area contributed by atoms with E-state index in [1.807, 2.05) is 30.3 Å². The third kappa shape index (κ3) is 3.48. The first-order valence-electron chi connectivity index (χ1n) is 5.75. The van der Waals surface area contributed by atoms with E-state index in [1.165, 1.54) is 11.8 Å². The van der Waals surface area contributed by atoms with Crippen molar-refractivity contribution in [1.29, 1.82) is 0 Å². The molecule has 1 amide bonds. The first kappa shape index (κ1) is 13.4. The molecule has 0 spiro atoms. The van der Waals surface area contributed by atoms with Gasteiger partial charge in [-0.25, -0.2) is 4.98 Å². The lowest BCUT2D eigenvalue weighted by Crippen LogP contribution is -2.31. The van der Waals surface area contributed by atoms with E-state index in [0.717, 1.165) is 10.9 Å². The van der Waals surface area contributed by atoms with Crippen LogP contribution in [0.15, 0.2) is 49.1 Å². The number of hydrogen-bond donors (Lipinski definition) is 1. The van der Waals surface area contributed by atoms with Gasteiger partial charge in [0.1, 0.15) is 0 Å². The average Bonchev–Trinajstić information content (AvgIpc) is 2.43. The maximum absolute atomic E-state index is 11.3. The summed E-state index contributed by atoms with van der Waals surface area (Å²) < 4.78 is 5.52. The number of benzene rings is 1. The number of thioether (sulfide) groups is 1. The van der Waals surface area contributed by atoms with Crippen molar-refractivity contribution in [3.63, 3.8) is 0 Å². The van der Waals surface area contributed by atoms with Gasteiger partial charge in [0.15, 0.2) is 0 Å². The lowest BCUT2D eigenvalue weighted by molar-refractivity contribution is -0.121. The molecule has 4 nitrogen and oxygen atoms in total. The Hall–Kier alpha value is -2.01. The van der Waals surface area contributed by atoms with Crippen LogP contribution in [0.2, 0.25) is 0 Å². The standard InChI is InChI=1S/C14H14N2O2S/c1-2-9-19-14(13(15)17)18-12-8-7-10-5-3-4-6-11(10)16-12/h2-8,14H,1,9H2,(H2,15,17). The van der Waals surface area contributed by atoms with Gasteiger partial charge in [0.25, 0.3) is 5.91 Å². The number of hydrogen-bond acceptors (Lipinski definition) is 4. The number of ether oxygens (including phenoxy) is 1. The Morgan fingerprint density at radius 3 is 2.95 bits per heavy atom. The molecule has 2 N–H and O–H groups in total. The zero-order valence-electron chi connectivity index (χ0n) is 10.3. The van der Waals surface area contributed by atoms with Crippen LogP contribution < -0.4 is 10.5 Å². The lowest BCUT2D eigenvalue weighted by Gasteiger charge is -2.14. The number of pyridine rings is 1. The number of para-hydroxylation sites is 1. The summed E-state index contributed by atoms with van der Waals surface area (Å²) in [6.07, 6.45) is 1.69. The third-order valence-electron chi connectivity index (χ3n) is 2.40. The van der Waals surface area contributed by atoms with E-state index in [0.29, 0.717) is 11.6 Å². The van der Waals surface area contributed by atoms with E-state index in [4.69, 9.17) is 10.5 Å². The van der Waals surface area contributed by atoms with Crippen molar-refractivity contribution in [2.45, 2.75) is 5.44 Å². The van der Waals surface area contributed by atoms with E-state index in [1.54, 1.807) is 12.1 Å². The largest absolute Gasteiger partial charge is 0.453 e. The average molecular weight is 274 g/mol. The molecule has 0 aliphatic carbocycles. The van der Waals surface area contributed by atoms with Crippen molar-refractivity contribution in [2.75, 3.05) is 5.75 Å². The second-order valence-corrected chi connectivity index (χ2v) is 4.91. The molecule has 1 atom stereocenters. The summed E-state index contributed by atoms with van der Waals surface area (Å²) in [5.74, 6) is 0.446. The number of amides is 1. The predicted molar refractivity (Wildman–Crippen MR) is 78.0 cm³/mol. The van der Waals surface area contributed by atoms with Crippen LogP contribution >= 0.6 is 11.8 Å². The Morgan fingerprint density at radius 1 is 1.42 bits per heavy atom. The van der Waals surface area contributed by atoms with Gasteiger partial charge >= 0.3 is 0 Å². The zero-order valence-corrected chi connectivity index (χ0v) is 11.1. The molecule has 1 aromatic heterocycles. The number of carbonyl (C=O) groups excluding carboxylic acids is 1. The van der Waals surface area contributed by atoms with Gasteiger partial charge in [0, 0.05) is 17.2 Å². The van der Waals surface area contributed by atoms with E-state index < -0.39 is 11.3 Å². The second-order valence-electron chi connectivity index (χ2n) is 3.82. The lowest BCUT2D eigenvalue weighted by atomic mass is 10.2. The van der Waals surface area contributed by atoms with Crippen molar-refractivity contribution in [3.8, 4) is 5.88 Å². The van der Waals surface area contributed by atoms with Gasteiger partial charge in [-0.3, -0.25) is 4.79 Å². The highest BCUT2D eigenvalue weighted by atomic mass is 32.2. The molecule has 0 saturated carbocycles. The van der Waals surface area contributed by atoms with Crippen LogP contribution in [-0.4, -0.2) is 22.1 Å². The molecule has 0 saturated heterocycles. The molecule has 19 heavy (non-hydrogen) atoms. The maximum atomic E-state index is 11.3. The molecule has 0 bridgehead atoms. The molecule has 98 valence electrons. The van der Waals surface area contributed by atoms with E-state index >= 15 is 0 Å². The molecule has 0 aliphatic heterocycles. The number of nitrogens with two attached hydrogens (primary N) is 1. The van der Waals surface area contributed by atoms with Crippen molar-refractivity contribution in [1.82, 2.24) is 4.98 Å². The van der Waals surface area contributed by atoms with Crippen molar-refractivity contribution < 1.29 is 9.53 Å². The smallest absolute Gasteiger partial charge is 0.269 e. The van der Waals surface area contributed by atoms with Crippen LogP contribution in [-0.2, 0) is 4.79 Å². The predicted octanol–water partition coefficient (Wildman–Crippen LogP) is 2.34. The minimum atomic E-state index is -0.758. The maximum Gasteiger partial charge on any atom is 0.269 e. The van der Waals surface area contributed by atoms with Gasteiger partial charge in [0.2, 0.25) is 11.3 Å². The van der Waals surface area contributed by atoms with E-state index in [2.05, 4.69) is 11.6 Å². The van der Waals surface area contributed by atoms with E-state index in [9.17, 15) is 4.79 Å². The summed E-state index contributed by atoms with van der Waals surface area (Å²) in [4.78, 5) is 15.6. The summed E-state index contributed by atoms with van der Waals surface area (Å²) in [7, 11) is 0. The summed E-state index contributed by atoms with van der Waals surface area (Å²) >= 11 is 1.28. The van der Waals surface area contributed by atoms with Gasteiger partial charge in [-0.1, -0.05) is 24.3 Å². The third-order valence-corrected chi connectivity index (χ3v) is 3.46. The van der Waals surface area contributed by atoms with Crippen molar-refractivity contribution in [2.24, 2.45) is 5.73 Å². The molecular formula is C14H14N2O2S. The van der Waals surface area contributed by atoms with Crippen LogP contribution in [0.4, 0.5) is 0 Å². The summed E-state index contributed by atoms with van der Waals surface area (Å²) in [6, 6.07) is 11.3. The fraction of sp³-hybridized carbons (Fsp3) is 0.143. The van der Waals surface area contributed by atoms with Crippen LogP contribution in [0.1, 0.15) is 0 Å². The van der Waals surface area contributed by atoms with Gasteiger partial charge in [-0.15, -0.1) is 18.3 Å². The molecular weight excluding hydrogens is 260 g/mol. The Kier molecular flexibility index (Phi) is 4.41. The van der Waals surface area contributed by atoms with Crippen LogP contribution in [0.5, 0.6) is 5.88 Å². The molecule has 2 aromatic rings. The molecule has 1 aromatic carbocycles. The number of rotatable bonds is 6. The number of aromatic nitrogens is 1. The molecule has 0 radical (unpaired) electrons. The van der Waals surface area contributed by atoms with Gasteiger partial charge in [0.05, 0.1) is 5.52 Å². The van der Waals surface area contributed by atoms with Crippen LogP contribution in [0, 0.1) is 0 Å². The quantitative estimate of drug-likeness (QED) is 0.648. The first-order chi connectivity index (χ1) is 9.20. The SMILES string of the molecule is C=CCSC(Oc1ccc2ccccc2n1)C(N)=O. The highest BCUT2D eigenvalue weighted by Crippen LogP contribution is 2.20. The minimum Gasteiger partial charge on any atom is -0.453 e. The fourth-order valence-corrected chi connectivity index (χ4v) is 2.19. The normalized spacial score (nSPS) is 12.0. The molecule has 1 heterocycles. The monoisotopic (exact) mass is 274 g/mol. The highest BCUT2D eigenvalue weighted by Gasteiger charge is 2.17. The first-order valence-corrected chi connectivity index (χ1v) is 6.80. The summed E-state index contributed by atoms with van der Waals surface area (Å²) in [5.41, 5.74) is 5.35. The summed E-state index contributed by atoms with van der Waals surface area (Å²) in [5, 5.41) is 1.02. The molecule has 2 rings (SSSR count). The molecule has 1 unspecified atom stereocenters. The molecule has 5 heteroatoms. The van der Waals surface area contributed by atoms with Crippen LogP contribution in [0.3, 0.4) is 0 Å². The van der Waals surface area contributed by atoms with E-state index in [-0.39, 0.29) is 0 Å². The Bertz CT molecular complexity index is 601. The molecule has 0 aliphatic rings. The zero-order chi connectivity index (χ0) is 13.7. The molecule has 0 fully saturated rings. The number of fused-ring (bicyclic) bond motifs is 1. The van der Waals surface area contributed by atoms with Gasteiger partial charge < -0.3 is 10.5 Å². The number of carbonyl (C=O) groups is 1. The minimum absolute atomic E-state index is 0.388. The van der Waals surface area contributed by atoms with Gasteiger partial charge in [-0.05, 0) is 12.1 Å². The fourth-order valence-electron chi connectivity index (χ4n) is 1.55. The summed E-state index contributed by atoms with van der Waals surface area (Å²) in [6.45, 7) is 3.60. The van der Waals surface area contributed by atoms with Crippen molar-refractivity contribution >= 4 is 28.6 Å². The Balaban J connectivity index is 2.18. The van der Waals surface area contributed by atoms with Gasteiger partial charge in [-0.2, -0.15) is 0 Å². The number of nitrogens with zero attached hydrogens (tertiary/aromatic N) is 1. The highest BCUT2D eigenvalue weighted by molar-refractivity contribution is 8.00.